The molecule has 0 bridgehead atoms. The average molecular weight is 258 g/mol. The maximum absolute atomic E-state index is 12.2. The molecule has 0 aromatic heterocycles. The number of benzene rings is 1. The van der Waals surface area contributed by atoms with E-state index in [1.165, 1.54) is 7.11 Å². The van der Waals surface area contributed by atoms with E-state index in [4.69, 9.17) is 16.1 Å². The van der Waals surface area contributed by atoms with Crippen LogP contribution in [0.2, 0.25) is 0 Å². The lowest BCUT2D eigenvalue weighted by Crippen LogP contribution is -2.17. The summed E-state index contributed by atoms with van der Waals surface area (Å²) in [5.74, 6) is 6.14. The Morgan fingerprint density at radius 1 is 1.47 bits per heavy atom. The minimum absolute atomic E-state index is 0.0183. The first kappa shape index (κ1) is 11.2. The summed E-state index contributed by atoms with van der Waals surface area (Å²) in [5, 5.41) is 7.73. The average Bonchev–Trinajstić information content (AvgIpc) is 2.70. The number of methoxy groups -OCH3 is 1. The van der Waals surface area contributed by atoms with Gasteiger partial charge in [-0.3, -0.25) is 9.89 Å². The molecule has 1 heterocycles. The minimum atomic E-state index is -0.216. The molecule has 0 saturated carbocycles. The van der Waals surface area contributed by atoms with Crippen molar-refractivity contribution < 1.29 is 4.74 Å². The van der Waals surface area contributed by atoms with Crippen LogP contribution in [0, 0.1) is 16.2 Å². The van der Waals surface area contributed by atoms with Gasteiger partial charge in [0.1, 0.15) is 16.4 Å². The minimum Gasteiger partial charge on any atom is -0.497 e. The Bertz CT molecular complexity index is 909. The number of nitrogens with two attached hydrogens (primary N) is 1. The third kappa shape index (κ3) is 1.46. The second-order valence-electron chi connectivity index (χ2n) is 3.97. The van der Waals surface area contributed by atoms with Gasteiger partial charge in [0, 0.05) is 10.8 Å². The molecule has 0 radical (unpaired) electrons. The fraction of sp³-hybridized carbons (Fsp3) is 0.0909. The Morgan fingerprint density at radius 2 is 2.26 bits per heavy atom. The van der Waals surface area contributed by atoms with Crippen LogP contribution in [0.1, 0.15) is 0 Å². The zero-order chi connectivity index (χ0) is 13.6. The molecule has 1 aromatic rings. The number of aromatic nitrogens is 3. The lowest BCUT2D eigenvalue weighted by atomic mass is 10.2. The molecule has 1 aliphatic carbocycles. The number of hydrogen-bond acceptors (Lipinski definition) is 6. The summed E-state index contributed by atoms with van der Waals surface area (Å²) < 4.78 is 5.09. The summed E-state index contributed by atoms with van der Waals surface area (Å²) in [5.41, 5.74) is 6.77. The summed E-state index contributed by atoms with van der Waals surface area (Å²) in [7, 11) is 1.53. The number of H-pyrrole nitrogens is 1. The number of ether oxygens (including phenoxy) is 1. The Balaban J connectivity index is 2.55. The maximum Gasteiger partial charge on any atom is 0.283 e. The highest BCUT2D eigenvalue weighted by molar-refractivity contribution is 5.85. The monoisotopic (exact) mass is 258 g/mol. The highest BCUT2D eigenvalue weighted by Gasteiger charge is 2.11. The molecule has 1 aromatic carbocycles. The molecule has 0 saturated heterocycles. The van der Waals surface area contributed by atoms with E-state index >= 15 is 0 Å². The second-order valence-corrected chi connectivity index (χ2v) is 3.97. The number of aromatic amines is 1. The van der Waals surface area contributed by atoms with Crippen molar-refractivity contribution in [3.63, 3.8) is 0 Å². The largest absolute Gasteiger partial charge is 0.497 e. The van der Waals surface area contributed by atoms with Crippen molar-refractivity contribution in [1.29, 1.82) is 5.53 Å². The zero-order valence-corrected chi connectivity index (χ0v) is 9.97. The van der Waals surface area contributed by atoms with Crippen LogP contribution in [-0.4, -0.2) is 22.0 Å². The molecular weight excluding hydrogens is 248 g/mol. The summed E-state index contributed by atoms with van der Waals surface area (Å²) in [6.07, 6.45) is 0. The zero-order valence-electron chi connectivity index (χ0n) is 9.97. The van der Waals surface area contributed by atoms with Crippen LogP contribution in [0.25, 0.3) is 10.8 Å². The normalized spacial score (nSPS) is 11.0. The maximum atomic E-state index is 12.2. The van der Waals surface area contributed by atoms with Crippen molar-refractivity contribution in [2.75, 3.05) is 13.0 Å². The molecule has 19 heavy (non-hydrogen) atoms. The number of nitrogen functional groups attached to an aromatic ring is 1. The molecule has 0 spiro atoms. The van der Waals surface area contributed by atoms with Gasteiger partial charge in [-0.25, -0.2) is 10.5 Å². The Morgan fingerprint density at radius 3 is 2.95 bits per heavy atom. The number of nitrogens with one attached hydrogen (secondary N) is 2. The van der Waals surface area contributed by atoms with Gasteiger partial charge in [0.15, 0.2) is 0 Å². The van der Waals surface area contributed by atoms with Gasteiger partial charge in [-0.1, -0.05) is 0 Å². The van der Waals surface area contributed by atoms with E-state index in [0.717, 1.165) is 4.79 Å². The fourth-order valence-corrected chi connectivity index (χ4v) is 2.04. The van der Waals surface area contributed by atoms with Crippen molar-refractivity contribution in [2.24, 2.45) is 5.11 Å². The molecule has 96 valence electrons. The van der Waals surface area contributed by atoms with Gasteiger partial charge >= 0.3 is 0 Å². The Hall–Kier alpha value is -2.90. The molecule has 8 heteroatoms. The van der Waals surface area contributed by atoms with E-state index < -0.39 is 0 Å². The van der Waals surface area contributed by atoms with E-state index in [-0.39, 0.29) is 16.7 Å². The molecule has 0 unspecified atom stereocenters. The van der Waals surface area contributed by atoms with Crippen LogP contribution in [-0.2, 0) is 0 Å². The number of hydrogen-bond donors (Lipinski definition) is 3. The lowest BCUT2D eigenvalue weighted by molar-refractivity contribution is 0.415. The van der Waals surface area contributed by atoms with Crippen LogP contribution < -0.4 is 16.0 Å². The van der Waals surface area contributed by atoms with Crippen LogP contribution in [0.4, 0.5) is 5.95 Å². The number of fused-ring (bicyclic) bond motifs is 2. The highest BCUT2D eigenvalue weighted by Crippen LogP contribution is 2.20. The molecule has 3 rings (SSSR count). The predicted molar refractivity (Wildman–Crippen MR) is 67.2 cm³/mol. The molecular formula is C11H10N6O2. The summed E-state index contributed by atoms with van der Waals surface area (Å²) >= 11 is 0. The van der Waals surface area contributed by atoms with Crippen molar-refractivity contribution in [2.45, 2.75) is 0 Å². The second kappa shape index (κ2) is 3.80. The Kier molecular flexibility index (Phi) is 2.24. The summed E-state index contributed by atoms with van der Waals surface area (Å²) in [4.78, 5) is 17.3. The van der Waals surface area contributed by atoms with Gasteiger partial charge in [-0.05, 0) is 18.2 Å². The van der Waals surface area contributed by atoms with Crippen molar-refractivity contribution in [1.82, 2.24) is 14.9 Å². The first-order valence-corrected chi connectivity index (χ1v) is 5.40. The van der Waals surface area contributed by atoms with Gasteiger partial charge in [0.2, 0.25) is 5.43 Å². The van der Waals surface area contributed by atoms with E-state index in [0.29, 0.717) is 21.9 Å². The van der Waals surface area contributed by atoms with Crippen molar-refractivity contribution in [3.8, 4) is 5.75 Å². The third-order valence-corrected chi connectivity index (χ3v) is 2.95. The number of nitrogens with zero attached hydrogens (tertiary/aromatic N) is 3. The molecule has 1 aliphatic heterocycles. The molecule has 8 nitrogen and oxygen atoms in total. The van der Waals surface area contributed by atoms with E-state index in [2.05, 4.69) is 15.2 Å². The van der Waals surface area contributed by atoms with Crippen molar-refractivity contribution >= 4 is 16.7 Å². The molecule has 4 N–H and O–H groups in total. The third-order valence-electron chi connectivity index (χ3n) is 2.95. The van der Waals surface area contributed by atoms with Crippen LogP contribution in [0.5, 0.6) is 5.75 Å². The molecule has 0 atom stereocenters. The van der Waals surface area contributed by atoms with Crippen molar-refractivity contribution in [3.05, 3.63) is 39.1 Å². The van der Waals surface area contributed by atoms with Gasteiger partial charge in [-0.2, -0.15) is 4.79 Å². The highest BCUT2D eigenvalue weighted by atomic mass is 16.5. The van der Waals surface area contributed by atoms with Gasteiger partial charge < -0.3 is 10.6 Å². The molecule has 0 fully saturated rings. The molecule has 2 aliphatic rings. The van der Waals surface area contributed by atoms with Crippen LogP contribution in [0.15, 0.2) is 28.1 Å². The quantitative estimate of drug-likeness (QED) is 0.465. The smallest absolute Gasteiger partial charge is 0.283 e. The van der Waals surface area contributed by atoms with E-state index in [1.54, 1.807) is 18.2 Å². The Labute approximate surface area is 105 Å². The SMILES string of the molecule is COc1ccc2c3nc(N=N)n(N)[nH]c=3c(=O)c2c1. The van der Waals surface area contributed by atoms with Gasteiger partial charge in [-0.15, -0.1) is 5.11 Å². The summed E-state index contributed by atoms with van der Waals surface area (Å²) in [6, 6.07) is 5.13. The van der Waals surface area contributed by atoms with Gasteiger partial charge in [0.25, 0.3) is 5.95 Å². The van der Waals surface area contributed by atoms with E-state index in [1.807, 2.05) is 0 Å². The fourth-order valence-electron chi connectivity index (χ4n) is 2.04. The molecule has 0 amide bonds. The first-order valence-electron chi connectivity index (χ1n) is 5.40. The standard InChI is InChI=1S/C11H10N6O2/c1-19-5-2-3-6-7(4-5)10(18)9-8(6)14-11(15-12)17(13)16-9/h2-4,12,16H,13H2,1H3. The van der Waals surface area contributed by atoms with Gasteiger partial charge in [0.05, 0.1) is 7.11 Å². The van der Waals surface area contributed by atoms with Crippen LogP contribution in [0.3, 0.4) is 0 Å². The topological polar surface area (TPSA) is 122 Å². The van der Waals surface area contributed by atoms with Crippen LogP contribution >= 0.6 is 0 Å². The summed E-state index contributed by atoms with van der Waals surface area (Å²) in [6.45, 7) is 0. The number of rotatable bonds is 2. The predicted octanol–water partition coefficient (Wildman–Crippen LogP) is 0.834. The van der Waals surface area contributed by atoms with E-state index in [9.17, 15) is 4.79 Å². The lowest BCUT2D eigenvalue weighted by Gasteiger charge is -2.00. The first-order chi connectivity index (χ1) is 9.15.